The highest BCUT2D eigenvalue weighted by molar-refractivity contribution is 5.94. The highest BCUT2D eigenvalue weighted by Crippen LogP contribution is 2.32. The minimum Gasteiger partial charge on any atom is -0.381 e. The normalized spacial score (nSPS) is 14.2. The second kappa shape index (κ2) is 13.5. The Hall–Kier alpha value is -3.79. The molecule has 2 heterocycles. The molecule has 4 aromatic rings. The monoisotopic (exact) mass is 588 g/mol. The topological polar surface area (TPSA) is 54.2 Å². The highest BCUT2D eigenvalue weighted by atomic mass is 19.4. The van der Waals surface area contributed by atoms with Gasteiger partial charge in [-0.15, -0.1) is 0 Å². The molecule has 0 radical (unpaired) electrons. The van der Waals surface area contributed by atoms with Crippen LogP contribution >= 0.6 is 0 Å². The lowest BCUT2D eigenvalue weighted by Gasteiger charge is -2.25. The maximum absolute atomic E-state index is 12.7. The maximum Gasteiger partial charge on any atom is 0.416 e. The number of nitrogens with two attached hydrogens (primary N) is 1. The Kier molecular flexibility index (Phi) is 9.98. The molecule has 10 heteroatoms. The van der Waals surface area contributed by atoms with Gasteiger partial charge >= 0.3 is 12.4 Å². The van der Waals surface area contributed by atoms with Gasteiger partial charge in [0.2, 0.25) is 0 Å². The van der Waals surface area contributed by atoms with Crippen molar-refractivity contribution in [1.29, 1.82) is 0 Å². The van der Waals surface area contributed by atoms with Crippen LogP contribution in [0.25, 0.3) is 10.9 Å². The first kappa shape index (κ1) is 31.2. The summed E-state index contributed by atoms with van der Waals surface area (Å²) in [7, 11) is 0. The summed E-state index contributed by atoms with van der Waals surface area (Å²) >= 11 is 0. The summed E-state index contributed by atoms with van der Waals surface area (Å²) < 4.78 is 74.1. The predicted molar refractivity (Wildman–Crippen MR) is 155 cm³/mol. The number of pyridine rings is 1. The van der Waals surface area contributed by atoms with Crippen molar-refractivity contribution in [3.63, 3.8) is 0 Å². The Balaban J connectivity index is 0.000000283. The van der Waals surface area contributed by atoms with E-state index in [0.29, 0.717) is 12.1 Å². The Bertz CT molecular complexity index is 1440. The molecule has 0 spiro atoms. The Morgan fingerprint density at radius 3 is 1.81 bits per heavy atom. The number of nitrogens with one attached hydrogen (secondary N) is 1. The third kappa shape index (κ3) is 8.38. The number of benzene rings is 3. The number of aryl methyl sites for hydroxylation is 1. The van der Waals surface area contributed by atoms with E-state index in [2.05, 4.69) is 22.3 Å². The quantitative estimate of drug-likeness (QED) is 0.229. The first-order valence-electron chi connectivity index (χ1n) is 13.9. The van der Waals surface area contributed by atoms with E-state index >= 15 is 0 Å². The van der Waals surface area contributed by atoms with Crippen LogP contribution in [-0.2, 0) is 25.4 Å². The number of anilines is 2. The van der Waals surface area contributed by atoms with Crippen molar-refractivity contribution < 1.29 is 26.3 Å². The van der Waals surface area contributed by atoms with Gasteiger partial charge in [-0.05, 0) is 79.4 Å². The number of fused-ring (bicyclic) bond motifs is 1. The van der Waals surface area contributed by atoms with Crippen LogP contribution in [0.1, 0.15) is 53.6 Å². The SMILES string of the molecule is Cc1cc(N2CCCCCC2)c2ccc(NCc3ccc(C(F)(F)F)cc3)cc2n1.NCc1ccc(C(F)(F)F)cc1. The van der Waals surface area contributed by atoms with Gasteiger partial charge in [-0.25, -0.2) is 0 Å². The Morgan fingerprint density at radius 2 is 1.29 bits per heavy atom. The first-order chi connectivity index (χ1) is 19.9. The van der Waals surface area contributed by atoms with E-state index in [1.54, 1.807) is 0 Å². The molecule has 4 nitrogen and oxygen atoms in total. The Labute approximate surface area is 241 Å². The third-order valence-corrected chi connectivity index (χ3v) is 7.16. The lowest BCUT2D eigenvalue weighted by molar-refractivity contribution is -0.138. The molecule has 5 rings (SSSR count). The summed E-state index contributed by atoms with van der Waals surface area (Å²) in [6.45, 7) is 4.88. The molecule has 1 fully saturated rings. The number of hydrogen-bond acceptors (Lipinski definition) is 4. The zero-order valence-electron chi connectivity index (χ0n) is 23.3. The van der Waals surface area contributed by atoms with Crippen LogP contribution < -0.4 is 16.0 Å². The van der Waals surface area contributed by atoms with Gasteiger partial charge in [-0.3, -0.25) is 4.98 Å². The second-order valence-electron chi connectivity index (χ2n) is 10.4. The summed E-state index contributed by atoms with van der Waals surface area (Å²) in [6, 6.07) is 18.4. The zero-order chi connectivity index (χ0) is 30.3. The van der Waals surface area contributed by atoms with E-state index < -0.39 is 23.5 Å². The average Bonchev–Trinajstić information content (AvgIpc) is 3.25. The van der Waals surface area contributed by atoms with Gasteiger partial charge in [-0.2, -0.15) is 26.3 Å². The zero-order valence-corrected chi connectivity index (χ0v) is 23.3. The molecule has 0 amide bonds. The van der Waals surface area contributed by atoms with Gasteiger partial charge < -0.3 is 16.0 Å². The minimum atomic E-state index is -4.31. The van der Waals surface area contributed by atoms with Gasteiger partial charge in [0.15, 0.2) is 0 Å². The smallest absolute Gasteiger partial charge is 0.381 e. The molecule has 1 aliphatic heterocycles. The molecule has 0 unspecified atom stereocenters. The number of hydrogen-bond donors (Lipinski definition) is 2. The number of halogens is 6. The molecule has 1 saturated heterocycles. The summed E-state index contributed by atoms with van der Waals surface area (Å²) in [5.41, 5.74) is 9.53. The lowest BCUT2D eigenvalue weighted by atomic mass is 10.1. The molecular formula is C32H34F6N4. The number of nitrogens with zero attached hydrogens (tertiary/aromatic N) is 2. The first-order valence-corrected chi connectivity index (χ1v) is 13.9. The molecule has 1 aromatic heterocycles. The minimum absolute atomic E-state index is 0.262. The summed E-state index contributed by atoms with van der Waals surface area (Å²) in [5, 5.41) is 4.45. The second-order valence-corrected chi connectivity index (χ2v) is 10.4. The van der Waals surface area contributed by atoms with Crippen LogP contribution in [0.4, 0.5) is 37.7 Å². The molecular weight excluding hydrogens is 554 g/mol. The lowest BCUT2D eigenvalue weighted by Crippen LogP contribution is -2.24. The van der Waals surface area contributed by atoms with Crippen molar-refractivity contribution in [2.75, 3.05) is 23.3 Å². The van der Waals surface area contributed by atoms with Crippen LogP contribution in [0.15, 0.2) is 72.8 Å². The molecule has 0 saturated carbocycles. The molecule has 0 atom stereocenters. The molecule has 42 heavy (non-hydrogen) atoms. The number of alkyl halides is 6. The number of aromatic nitrogens is 1. The molecule has 0 aliphatic carbocycles. The van der Waals surface area contributed by atoms with Gasteiger partial charge in [-0.1, -0.05) is 37.1 Å². The summed E-state index contributed by atoms with van der Waals surface area (Å²) in [5.74, 6) is 0. The standard InChI is InChI=1S/C24H26F3N3.C8H8F3N/c1-17-14-23(30-12-4-2-3-5-13-30)21-11-10-20(15-22(21)29-17)28-16-18-6-8-19(9-7-18)24(25,26)27;9-8(10,11)7-3-1-6(5-12)2-4-7/h6-11,14-15,28H,2-5,12-13,16H2,1H3;1-4H,5,12H2. The van der Waals surface area contributed by atoms with E-state index in [-0.39, 0.29) is 6.54 Å². The van der Waals surface area contributed by atoms with E-state index in [9.17, 15) is 26.3 Å². The van der Waals surface area contributed by atoms with Crippen LogP contribution in [-0.4, -0.2) is 18.1 Å². The maximum atomic E-state index is 12.7. The van der Waals surface area contributed by atoms with E-state index in [1.165, 1.54) is 55.6 Å². The van der Waals surface area contributed by atoms with Crippen LogP contribution in [0.3, 0.4) is 0 Å². The third-order valence-electron chi connectivity index (χ3n) is 7.16. The average molecular weight is 589 g/mol. The van der Waals surface area contributed by atoms with Crippen LogP contribution in [0, 0.1) is 6.92 Å². The molecule has 3 aromatic carbocycles. The van der Waals surface area contributed by atoms with Crippen molar-refractivity contribution in [2.24, 2.45) is 5.73 Å². The van der Waals surface area contributed by atoms with E-state index in [4.69, 9.17) is 10.7 Å². The van der Waals surface area contributed by atoms with Crippen LogP contribution in [0.5, 0.6) is 0 Å². The van der Waals surface area contributed by atoms with Gasteiger partial charge in [0, 0.05) is 48.6 Å². The van der Waals surface area contributed by atoms with Gasteiger partial charge in [0.1, 0.15) is 0 Å². The molecule has 0 bridgehead atoms. The van der Waals surface area contributed by atoms with Crippen molar-refractivity contribution in [2.45, 2.75) is 58.0 Å². The van der Waals surface area contributed by atoms with Crippen molar-refractivity contribution >= 4 is 22.3 Å². The van der Waals surface area contributed by atoms with Crippen molar-refractivity contribution in [3.05, 3.63) is 101 Å². The fourth-order valence-corrected chi connectivity index (χ4v) is 4.87. The summed E-state index contributed by atoms with van der Waals surface area (Å²) in [4.78, 5) is 7.19. The van der Waals surface area contributed by atoms with Crippen molar-refractivity contribution in [1.82, 2.24) is 4.98 Å². The van der Waals surface area contributed by atoms with Gasteiger partial charge in [0.25, 0.3) is 0 Å². The Morgan fingerprint density at radius 1 is 0.738 bits per heavy atom. The summed E-state index contributed by atoms with van der Waals surface area (Å²) in [6.07, 6.45) is -3.55. The largest absolute Gasteiger partial charge is 0.416 e. The predicted octanol–water partition coefficient (Wildman–Crippen LogP) is 8.72. The van der Waals surface area contributed by atoms with E-state index in [0.717, 1.165) is 65.2 Å². The van der Waals surface area contributed by atoms with E-state index in [1.807, 2.05) is 19.1 Å². The van der Waals surface area contributed by atoms with Crippen LogP contribution in [0.2, 0.25) is 0 Å². The fraction of sp³-hybridized carbons (Fsp3) is 0.344. The molecule has 1 aliphatic rings. The highest BCUT2D eigenvalue weighted by Gasteiger charge is 2.30. The molecule has 224 valence electrons. The molecule has 3 N–H and O–H groups in total. The van der Waals surface area contributed by atoms with Gasteiger partial charge in [0.05, 0.1) is 16.6 Å². The van der Waals surface area contributed by atoms with Crippen molar-refractivity contribution in [3.8, 4) is 0 Å². The number of rotatable bonds is 5. The fourth-order valence-electron chi connectivity index (χ4n) is 4.87.